The number of benzene rings is 1. The molecule has 2 rings (SSSR count). The standard InChI is InChI=1S/C13H17NO2S/c1-9-4-2-3-5-12(9)17-8-11(13(15)16)14-10-6-7-10/h2-5,10-11,14H,6-8H2,1H3,(H,15,16). The number of aliphatic carboxylic acids is 1. The minimum atomic E-state index is -0.752. The van der Waals surface area contributed by atoms with Gasteiger partial charge in [-0.3, -0.25) is 4.79 Å². The number of thioether (sulfide) groups is 1. The van der Waals surface area contributed by atoms with Gasteiger partial charge in [0, 0.05) is 16.7 Å². The summed E-state index contributed by atoms with van der Waals surface area (Å²) in [4.78, 5) is 12.3. The van der Waals surface area contributed by atoms with E-state index in [0.717, 1.165) is 17.7 Å². The predicted octanol–water partition coefficient (Wildman–Crippen LogP) is 2.29. The molecule has 1 aromatic rings. The molecule has 1 aliphatic carbocycles. The second kappa shape index (κ2) is 5.56. The van der Waals surface area contributed by atoms with E-state index in [1.165, 1.54) is 5.56 Å². The van der Waals surface area contributed by atoms with E-state index in [-0.39, 0.29) is 0 Å². The molecule has 1 fully saturated rings. The summed E-state index contributed by atoms with van der Waals surface area (Å²) < 4.78 is 0. The lowest BCUT2D eigenvalue weighted by Crippen LogP contribution is -2.40. The van der Waals surface area contributed by atoms with Crippen molar-refractivity contribution >= 4 is 17.7 Å². The summed E-state index contributed by atoms with van der Waals surface area (Å²) in [6.45, 7) is 2.05. The number of carbonyl (C=O) groups is 1. The molecular formula is C13H17NO2S. The van der Waals surface area contributed by atoms with Gasteiger partial charge >= 0.3 is 5.97 Å². The first-order chi connectivity index (χ1) is 8.16. The highest BCUT2D eigenvalue weighted by molar-refractivity contribution is 7.99. The van der Waals surface area contributed by atoms with E-state index in [1.807, 2.05) is 31.2 Å². The van der Waals surface area contributed by atoms with Gasteiger partial charge in [-0.05, 0) is 31.4 Å². The molecule has 1 atom stereocenters. The van der Waals surface area contributed by atoms with Gasteiger partial charge in [0.05, 0.1) is 0 Å². The fourth-order valence-corrected chi connectivity index (χ4v) is 2.67. The van der Waals surface area contributed by atoms with E-state index in [1.54, 1.807) is 11.8 Å². The number of aryl methyl sites for hydroxylation is 1. The molecule has 17 heavy (non-hydrogen) atoms. The lowest BCUT2D eigenvalue weighted by Gasteiger charge is -2.14. The van der Waals surface area contributed by atoms with Crippen molar-refractivity contribution in [1.82, 2.24) is 5.32 Å². The second-order valence-electron chi connectivity index (χ2n) is 4.41. The summed E-state index contributed by atoms with van der Waals surface area (Å²) in [5.41, 5.74) is 1.20. The van der Waals surface area contributed by atoms with Crippen LogP contribution in [0.25, 0.3) is 0 Å². The molecule has 1 aliphatic rings. The topological polar surface area (TPSA) is 49.3 Å². The largest absolute Gasteiger partial charge is 0.480 e. The molecule has 0 bridgehead atoms. The van der Waals surface area contributed by atoms with Crippen LogP contribution in [0.5, 0.6) is 0 Å². The van der Waals surface area contributed by atoms with Gasteiger partial charge in [-0.1, -0.05) is 18.2 Å². The summed E-state index contributed by atoms with van der Waals surface area (Å²) in [5, 5.41) is 12.3. The minimum Gasteiger partial charge on any atom is -0.480 e. The Morgan fingerprint density at radius 1 is 1.53 bits per heavy atom. The number of carboxylic acids is 1. The van der Waals surface area contributed by atoms with E-state index in [2.05, 4.69) is 5.32 Å². The molecule has 1 saturated carbocycles. The molecule has 2 N–H and O–H groups in total. The van der Waals surface area contributed by atoms with Crippen LogP contribution >= 0.6 is 11.8 Å². The zero-order chi connectivity index (χ0) is 12.3. The van der Waals surface area contributed by atoms with Crippen LogP contribution in [0.3, 0.4) is 0 Å². The van der Waals surface area contributed by atoms with Crippen molar-refractivity contribution in [2.75, 3.05) is 5.75 Å². The van der Waals surface area contributed by atoms with Gasteiger partial charge in [0.15, 0.2) is 0 Å². The quantitative estimate of drug-likeness (QED) is 0.762. The van der Waals surface area contributed by atoms with Crippen molar-refractivity contribution in [3.8, 4) is 0 Å². The third kappa shape index (κ3) is 3.75. The van der Waals surface area contributed by atoms with E-state index >= 15 is 0 Å². The van der Waals surface area contributed by atoms with Gasteiger partial charge in [0.25, 0.3) is 0 Å². The van der Waals surface area contributed by atoms with Gasteiger partial charge < -0.3 is 10.4 Å². The van der Waals surface area contributed by atoms with Crippen LogP contribution in [-0.2, 0) is 4.79 Å². The van der Waals surface area contributed by atoms with Crippen molar-refractivity contribution in [2.24, 2.45) is 0 Å². The summed E-state index contributed by atoms with van der Waals surface area (Å²) in [7, 11) is 0. The average Bonchev–Trinajstić information content (AvgIpc) is 3.09. The highest BCUT2D eigenvalue weighted by Gasteiger charge is 2.28. The zero-order valence-corrected chi connectivity index (χ0v) is 10.7. The number of rotatable bonds is 6. The Labute approximate surface area is 106 Å². The highest BCUT2D eigenvalue weighted by Crippen LogP contribution is 2.24. The van der Waals surface area contributed by atoms with E-state index in [4.69, 9.17) is 5.11 Å². The normalized spacial score (nSPS) is 16.8. The molecule has 3 nitrogen and oxygen atoms in total. The Kier molecular flexibility index (Phi) is 4.07. The van der Waals surface area contributed by atoms with Crippen molar-refractivity contribution in [2.45, 2.75) is 36.7 Å². The maximum absolute atomic E-state index is 11.1. The Balaban J connectivity index is 1.90. The van der Waals surface area contributed by atoms with Crippen LogP contribution in [0, 0.1) is 6.92 Å². The Morgan fingerprint density at radius 2 is 2.24 bits per heavy atom. The van der Waals surface area contributed by atoms with E-state index < -0.39 is 12.0 Å². The maximum atomic E-state index is 11.1. The molecule has 0 aromatic heterocycles. The van der Waals surface area contributed by atoms with Crippen LogP contribution in [0.2, 0.25) is 0 Å². The summed E-state index contributed by atoms with van der Waals surface area (Å²) in [5.74, 6) is -0.172. The molecule has 0 amide bonds. The first kappa shape index (κ1) is 12.5. The van der Waals surface area contributed by atoms with Crippen LogP contribution in [0.15, 0.2) is 29.2 Å². The predicted molar refractivity (Wildman–Crippen MR) is 69.5 cm³/mol. The molecule has 0 aliphatic heterocycles. The molecule has 4 heteroatoms. The van der Waals surface area contributed by atoms with Crippen LogP contribution in [0.4, 0.5) is 0 Å². The molecule has 1 unspecified atom stereocenters. The molecule has 0 saturated heterocycles. The smallest absolute Gasteiger partial charge is 0.321 e. The summed E-state index contributed by atoms with van der Waals surface area (Å²) >= 11 is 1.61. The fraction of sp³-hybridized carbons (Fsp3) is 0.462. The van der Waals surface area contributed by atoms with Gasteiger partial charge in [0.1, 0.15) is 6.04 Å². The minimum absolute atomic E-state index is 0.425. The Morgan fingerprint density at radius 3 is 2.82 bits per heavy atom. The summed E-state index contributed by atoms with van der Waals surface area (Å²) in [6.07, 6.45) is 2.22. The maximum Gasteiger partial charge on any atom is 0.321 e. The van der Waals surface area contributed by atoms with Crippen molar-refractivity contribution in [3.63, 3.8) is 0 Å². The molecule has 0 heterocycles. The lowest BCUT2D eigenvalue weighted by molar-refractivity contribution is -0.138. The van der Waals surface area contributed by atoms with Crippen molar-refractivity contribution < 1.29 is 9.90 Å². The number of hydrogen-bond donors (Lipinski definition) is 2. The molecule has 92 valence electrons. The Hall–Kier alpha value is -1.00. The lowest BCUT2D eigenvalue weighted by atomic mass is 10.2. The third-order valence-corrected chi connectivity index (χ3v) is 4.08. The number of nitrogens with one attached hydrogen (secondary N) is 1. The third-order valence-electron chi connectivity index (χ3n) is 2.81. The second-order valence-corrected chi connectivity index (χ2v) is 5.47. The highest BCUT2D eigenvalue weighted by atomic mass is 32.2. The number of hydrogen-bond acceptors (Lipinski definition) is 3. The molecule has 0 radical (unpaired) electrons. The van der Waals surface area contributed by atoms with Gasteiger partial charge in [0.2, 0.25) is 0 Å². The Bertz CT molecular complexity index is 404. The molecular weight excluding hydrogens is 234 g/mol. The van der Waals surface area contributed by atoms with Crippen LogP contribution < -0.4 is 5.32 Å². The van der Waals surface area contributed by atoms with Gasteiger partial charge in [-0.2, -0.15) is 0 Å². The molecule has 1 aromatic carbocycles. The van der Waals surface area contributed by atoms with E-state index in [0.29, 0.717) is 11.8 Å². The van der Waals surface area contributed by atoms with Crippen molar-refractivity contribution in [3.05, 3.63) is 29.8 Å². The monoisotopic (exact) mass is 251 g/mol. The first-order valence-electron chi connectivity index (χ1n) is 5.84. The van der Waals surface area contributed by atoms with Gasteiger partial charge in [-0.15, -0.1) is 11.8 Å². The molecule has 0 spiro atoms. The summed E-state index contributed by atoms with van der Waals surface area (Å²) in [6, 6.07) is 8.05. The van der Waals surface area contributed by atoms with Gasteiger partial charge in [-0.25, -0.2) is 0 Å². The van der Waals surface area contributed by atoms with E-state index in [9.17, 15) is 4.79 Å². The SMILES string of the molecule is Cc1ccccc1SCC(NC1CC1)C(=O)O. The first-order valence-corrected chi connectivity index (χ1v) is 6.82. The van der Waals surface area contributed by atoms with Crippen molar-refractivity contribution in [1.29, 1.82) is 0 Å². The number of carboxylic acid groups (broad SMARTS) is 1. The fourth-order valence-electron chi connectivity index (χ4n) is 1.62. The van der Waals surface area contributed by atoms with Crippen LogP contribution in [0.1, 0.15) is 18.4 Å². The zero-order valence-electron chi connectivity index (χ0n) is 9.85. The van der Waals surface area contributed by atoms with Crippen LogP contribution in [-0.4, -0.2) is 28.9 Å². The average molecular weight is 251 g/mol.